The largest absolute Gasteiger partial charge is 0.456 e. The summed E-state index contributed by atoms with van der Waals surface area (Å²) in [6.45, 7) is 0. The number of benzene rings is 8. The molecule has 0 atom stereocenters. The van der Waals surface area contributed by atoms with E-state index in [9.17, 15) is 0 Å². The Bertz CT molecular complexity index is 2720. The zero-order valence-electron chi connectivity index (χ0n) is 23.7. The van der Waals surface area contributed by atoms with Crippen molar-refractivity contribution in [1.82, 2.24) is 0 Å². The summed E-state index contributed by atoms with van der Waals surface area (Å²) in [5.74, 6) is 0. The molecule has 0 aliphatic heterocycles. The molecule has 0 amide bonds. The Labute approximate surface area is 252 Å². The van der Waals surface area contributed by atoms with Gasteiger partial charge in [0.25, 0.3) is 0 Å². The van der Waals surface area contributed by atoms with Crippen LogP contribution in [0.1, 0.15) is 0 Å². The highest BCUT2D eigenvalue weighted by Crippen LogP contribution is 2.46. The van der Waals surface area contributed by atoms with Gasteiger partial charge in [0.15, 0.2) is 0 Å². The molecule has 0 radical (unpaired) electrons. The third kappa shape index (κ3) is 3.25. The molecule has 0 spiro atoms. The number of para-hydroxylation sites is 2. The van der Waals surface area contributed by atoms with Crippen LogP contribution in [0.3, 0.4) is 0 Å². The Balaban J connectivity index is 1.31. The topological polar surface area (TPSA) is 26.3 Å². The summed E-state index contributed by atoms with van der Waals surface area (Å²) in [7, 11) is 0. The van der Waals surface area contributed by atoms with Gasteiger partial charge in [0.1, 0.15) is 22.3 Å². The smallest absolute Gasteiger partial charge is 0.136 e. The molecular formula is C42H24O2. The molecule has 2 heterocycles. The fourth-order valence-electron chi connectivity index (χ4n) is 7.33. The summed E-state index contributed by atoms with van der Waals surface area (Å²) >= 11 is 0. The van der Waals surface area contributed by atoms with Crippen LogP contribution < -0.4 is 0 Å². The highest BCUT2D eigenvalue weighted by atomic mass is 16.3. The molecule has 0 aliphatic carbocycles. The van der Waals surface area contributed by atoms with Crippen LogP contribution in [0.25, 0.3) is 98.4 Å². The van der Waals surface area contributed by atoms with E-state index in [1.54, 1.807) is 0 Å². The van der Waals surface area contributed by atoms with Crippen molar-refractivity contribution < 1.29 is 8.83 Å². The van der Waals surface area contributed by atoms with Crippen LogP contribution >= 0.6 is 0 Å². The fraction of sp³-hybridized carbons (Fsp3) is 0. The van der Waals surface area contributed by atoms with Crippen LogP contribution in [-0.2, 0) is 0 Å². The standard InChI is InChI=1S/C42H24O2/c1-3-15-31-29(13-1)41(26-20-21-39-35(23-26)27-11-5-7-18-37(27)43-39)30-14-2-4-16-32(30)42(31)33-17-9-10-25-22-36-28-12-6-8-19-38(28)44-40(36)24-34(25)33/h1-24H. The monoisotopic (exact) mass is 560 g/mol. The average molecular weight is 561 g/mol. The van der Waals surface area contributed by atoms with E-state index < -0.39 is 0 Å². The van der Waals surface area contributed by atoms with Crippen molar-refractivity contribution in [2.24, 2.45) is 0 Å². The zero-order chi connectivity index (χ0) is 28.8. The minimum Gasteiger partial charge on any atom is -0.456 e. The van der Waals surface area contributed by atoms with Gasteiger partial charge >= 0.3 is 0 Å². The first-order chi connectivity index (χ1) is 21.8. The van der Waals surface area contributed by atoms with Crippen LogP contribution in [-0.4, -0.2) is 0 Å². The summed E-state index contributed by atoms with van der Waals surface area (Å²) < 4.78 is 12.5. The molecule has 0 unspecified atom stereocenters. The lowest BCUT2D eigenvalue weighted by atomic mass is 9.84. The molecule has 10 aromatic rings. The lowest BCUT2D eigenvalue weighted by Crippen LogP contribution is -1.91. The zero-order valence-corrected chi connectivity index (χ0v) is 23.7. The van der Waals surface area contributed by atoms with E-state index >= 15 is 0 Å². The average Bonchev–Trinajstić information content (AvgIpc) is 3.63. The Kier molecular flexibility index (Phi) is 4.75. The van der Waals surface area contributed by atoms with Gasteiger partial charge in [0, 0.05) is 21.5 Å². The molecule has 204 valence electrons. The maximum Gasteiger partial charge on any atom is 0.136 e. The van der Waals surface area contributed by atoms with Crippen LogP contribution in [0.4, 0.5) is 0 Å². The lowest BCUT2D eigenvalue weighted by Gasteiger charge is -2.19. The molecule has 0 aliphatic rings. The van der Waals surface area contributed by atoms with Gasteiger partial charge in [-0.25, -0.2) is 0 Å². The molecule has 0 N–H and O–H groups in total. The van der Waals surface area contributed by atoms with E-state index in [-0.39, 0.29) is 0 Å². The van der Waals surface area contributed by atoms with Crippen LogP contribution in [0.15, 0.2) is 154 Å². The van der Waals surface area contributed by atoms with Crippen LogP contribution in [0.5, 0.6) is 0 Å². The first-order valence-corrected chi connectivity index (χ1v) is 15.0. The number of furan rings is 2. The molecule has 0 saturated heterocycles. The van der Waals surface area contributed by atoms with E-state index in [2.05, 4.69) is 121 Å². The molecule has 0 bridgehead atoms. The van der Waals surface area contributed by atoms with Gasteiger partial charge in [-0.15, -0.1) is 0 Å². The summed E-state index contributed by atoms with van der Waals surface area (Å²) in [6, 6.07) is 52.0. The van der Waals surface area contributed by atoms with Crippen molar-refractivity contribution in [3.05, 3.63) is 146 Å². The third-order valence-corrected chi connectivity index (χ3v) is 9.24. The number of hydrogen-bond donors (Lipinski definition) is 0. The van der Waals surface area contributed by atoms with Crippen LogP contribution in [0, 0.1) is 0 Å². The fourth-order valence-corrected chi connectivity index (χ4v) is 7.33. The predicted molar refractivity (Wildman–Crippen MR) is 184 cm³/mol. The molecule has 2 heteroatoms. The van der Waals surface area contributed by atoms with Crippen molar-refractivity contribution in [2.45, 2.75) is 0 Å². The van der Waals surface area contributed by atoms with Crippen molar-refractivity contribution in [3.63, 3.8) is 0 Å². The highest BCUT2D eigenvalue weighted by Gasteiger charge is 2.19. The second-order valence-electron chi connectivity index (χ2n) is 11.6. The maximum absolute atomic E-state index is 6.35. The second kappa shape index (κ2) is 8.82. The van der Waals surface area contributed by atoms with Crippen molar-refractivity contribution in [2.75, 3.05) is 0 Å². The summed E-state index contributed by atoms with van der Waals surface area (Å²) in [5, 5.41) is 11.9. The van der Waals surface area contributed by atoms with Gasteiger partial charge in [-0.2, -0.15) is 0 Å². The summed E-state index contributed by atoms with van der Waals surface area (Å²) in [5.41, 5.74) is 8.54. The maximum atomic E-state index is 6.35. The van der Waals surface area contributed by atoms with Gasteiger partial charge in [-0.1, -0.05) is 109 Å². The molecule has 2 aromatic heterocycles. The van der Waals surface area contributed by atoms with Crippen molar-refractivity contribution in [3.8, 4) is 22.3 Å². The van der Waals surface area contributed by atoms with Gasteiger partial charge in [0.2, 0.25) is 0 Å². The third-order valence-electron chi connectivity index (χ3n) is 9.24. The van der Waals surface area contributed by atoms with Crippen molar-refractivity contribution in [1.29, 1.82) is 0 Å². The van der Waals surface area contributed by atoms with Gasteiger partial charge in [0.05, 0.1) is 0 Å². The van der Waals surface area contributed by atoms with E-state index in [0.29, 0.717) is 0 Å². The van der Waals surface area contributed by atoms with E-state index in [1.165, 1.54) is 54.6 Å². The lowest BCUT2D eigenvalue weighted by molar-refractivity contribution is 0.669. The number of rotatable bonds is 2. The molecule has 2 nitrogen and oxygen atoms in total. The van der Waals surface area contributed by atoms with Gasteiger partial charge in [-0.3, -0.25) is 0 Å². The second-order valence-corrected chi connectivity index (χ2v) is 11.6. The van der Waals surface area contributed by atoms with E-state index in [4.69, 9.17) is 8.83 Å². The quantitative estimate of drug-likeness (QED) is 0.197. The SMILES string of the molecule is c1cc(-c2c3ccccc3c(-c3ccc4oc5ccccc5c4c3)c3ccccc23)c2cc3oc4ccccc4c3cc2c1. The first kappa shape index (κ1) is 23.7. The number of fused-ring (bicyclic) bond motifs is 9. The van der Waals surface area contributed by atoms with Crippen molar-refractivity contribution >= 4 is 76.2 Å². The molecule has 0 saturated carbocycles. The highest BCUT2D eigenvalue weighted by molar-refractivity contribution is 6.25. The van der Waals surface area contributed by atoms with Crippen LogP contribution in [0.2, 0.25) is 0 Å². The van der Waals surface area contributed by atoms with E-state index in [0.717, 1.165) is 43.9 Å². The predicted octanol–water partition coefficient (Wildman–Crippen LogP) is 12.3. The Morgan fingerprint density at radius 3 is 1.48 bits per heavy atom. The Hall–Kier alpha value is -5.86. The summed E-state index contributed by atoms with van der Waals surface area (Å²) in [4.78, 5) is 0. The minimum atomic E-state index is 0.910. The Morgan fingerprint density at radius 1 is 0.295 bits per heavy atom. The minimum absolute atomic E-state index is 0.910. The summed E-state index contributed by atoms with van der Waals surface area (Å²) in [6.07, 6.45) is 0. The first-order valence-electron chi connectivity index (χ1n) is 15.0. The van der Waals surface area contributed by atoms with E-state index in [1.807, 2.05) is 24.3 Å². The molecule has 8 aromatic carbocycles. The molecule has 44 heavy (non-hydrogen) atoms. The molecule has 0 fully saturated rings. The van der Waals surface area contributed by atoms with Gasteiger partial charge < -0.3 is 8.83 Å². The Morgan fingerprint density at radius 2 is 0.818 bits per heavy atom. The number of hydrogen-bond acceptors (Lipinski definition) is 2. The molecular weight excluding hydrogens is 536 g/mol. The van der Waals surface area contributed by atoms with Gasteiger partial charge in [-0.05, 0) is 91.0 Å². The molecule has 10 rings (SSSR count). The normalized spacial score (nSPS) is 12.1.